The summed E-state index contributed by atoms with van der Waals surface area (Å²) in [5, 5.41) is 7.39. The minimum Gasteiger partial charge on any atom is -0.447 e. The van der Waals surface area contributed by atoms with Gasteiger partial charge in [-0.15, -0.1) is 5.10 Å². The molecule has 0 aliphatic carbocycles. The highest BCUT2D eigenvalue weighted by Crippen LogP contribution is 2.22. The van der Waals surface area contributed by atoms with Gasteiger partial charge in [0.25, 0.3) is 17.5 Å². The van der Waals surface area contributed by atoms with Gasteiger partial charge in [-0.2, -0.15) is 4.98 Å². The van der Waals surface area contributed by atoms with Gasteiger partial charge in [0.2, 0.25) is 0 Å². The Bertz CT molecular complexity index is 1030. The predicted molar refractivity (Wildman–Crippen MR) is 100 cm³/mol. The summed E-state index contributed by atoms with van der Waals surface area (Å²) in [4.78, 5) is 32.8. The van der Waals surface area contributed by atoms with Crippen molar-refractivity contribution in [1.82, 2.24) is 19.6 Å². The summed E-state index contributed by atoms with van der Waals surface area (Å²) in [6, 6.07) is 6.40. The molecule has 8 nitrogen and oxygen atoms in total. The number of anilines is 1. The topological polar surface area (TPSA) is 98.5 Å². The van der Waals surface area contributed by atoms with Gasteiger partial charge in [0.05, 0.1) is 0 Å². The Labute approximate surface area is 164 Å². The van der Waals surface area contributed by atoms with E-state index < -0.39 is 18.0 Å². The molecule has 0 fully saturated rings. The minimum atomic E-state index is -1.09. The molecular weight excluding hydrogens is 393 g/mol. The summed E-state index contributed by atoms with van der Waals surface area (Å²) in [5.41, 5.74) is 1.91. The summed E-state index contributed by atoms with van der Waals surface area (Å²) < 4.78 is 6.58. The van der Waals surface area contributed by atoms with E-state index in [2.05, 4.69) is 20.4 Å². The molecule has 0 saturated heterocycles. The second kappa shape index (κ2) is 7.50. The van der Waals surface area contributed by atoms with Crippen LogP contribution in [0, 0.1) is 13.8 Å². The van der Waals surface area contributed by atoms with Crippen molar-refractivity contribution < 1.29 is 14.3 Å². The third kappa shape index (κ3) is 4.35. The van der Waals surface area contributed by atoms with Crippen molar-refractivity contribution in [2.75, 3.05) is 5.32 Å². The minimum absolute atomic E-state index is 0.179. The summed E-state index contributed by atoms with van der Waals surface area (Å²) in [5.74, 6) is -1.27. The molecule has 0 spiro atoms. The number of hydrogen-bond acceptors (Lipinski definition) is 6. The van der Waals surface area contributed by atoms with Gasteiger partial charge in [-0.05, 0) is 45.0 Å². The zero-order valence-corrected chi connectivity index (χ0v) is 16.2. The van der Waals surface area contributed by atoms with Crippen LogP contribution in [-0.2, 0) is 9.53 Å². The van der Waals surface area contributed by atoms with Crippen LogP contribution in [0.15, 0.2) is 24.3 Å². The van der Waals surface area contributed by atoms with Crippen LogP contribution in [0.1, 0.15) is 28.9 Å². The smallest absolute Gasteiger partial charge is 0.379 e. The number of carbonyl (C=O) groups is 2. The molecule has 10 heteroatoms. The van der Waals surface area contributed by atoms with Crippen LogP contribution in [0.3, 0.4) is 0 Å². The van der Waals surface area contributed by atoms with E-state index >= 15 is 0 Å². The Morgan fingerprint density at radius 3 is 2.44 bits per heavy atom. The van der Waals surface area contributed by atoms with E-state index in [1.54, 1.807) is 0 Å². The fraction of sp³-hybridized carbons (Fsp3) is 0.235. The van der Waals surface area contributed by atoms with Crippen molar-refractivity contribution >= 4 is 46.5 Å². The maximum absolute atomic E-state index is 12.3. The van der Waals surface area contributed by atoms with Crippen molar-refractivity contribution in [1.29, 1.82) is 0 Å². The Balaban J connectivity index is 1.71. The molecule has 1 atom stereocenters. The Morgan fingerprint density at radius 1 is 1.11 bits per heavy atom. The van der Waals surface area contributed by atoms with Gasteiger partial charge in [0.1, 0.15) is 0 Å². The van der Waals surface area contributed by atoms with Gasteiger partial charge in [-0.25, -0.2) is 14.3 Å². The van der Waals surface area contributed by atoms with E-state index in [9.17, 15) is 9.59 Å². The van der Waals surface area contributed by atoms with Gasteiger partial charge in [-0.1, -0.05) is 23.2 Å². The van der Waals surface area contributed by atoms with E-state index in [1.165, 1.54) is 29.6 Å². The molecule has 0 unspecified atom stereocenters. The highest BCUT2D eigenvalue weighted by Gasteiger charge is 2.23. The average Bonchev–Trinajstić information content (AvgIpc) is 2.98. The first-order valence-corrected chi connectivity index (χ1v) is 8.67. The largest absolute Gasteiger partial charge is 0.447 e. The third-order valence-electron chi connectivity index (χ3n) is 3.58. The predicted octanol–water partition coefficient (Wildman–Crippen LogP) is 3.23. The molecule has 2 heterocycles. The fourth-order valence-corrected chi connectivity index (χ4v) is 2.92. The Hall–Kier alpha value is -2.71. The summed E-state index contributed by atoms with van der Waals surface area (Å²) >= 11 is 11.8. The molecular formula is C17H15Cl2N5O3. The number of nitrogens with one attached hydrogen (secondary N) is 1. The lowest BCUT2D eigenvalue weighted by Crippen LogP contribution is -2.30. The fourth-order valence-electron chi connectivity index (χ4n) is 2.39. The quantitative estimate of drug-likeness (QED) is 0.666. The van der Waals surface area contributed by atoms with Gasteiger partial charge >= 0.3 is 5.97 Å². The normalized spacial score (nSPS) is 12.0. The Kier molecular flexibility index (Phi) is 5.29. The van der Waals surface area contributed by atoms with Crippen LogP contribution in [0.4, 0.5) is 5.69 Å². The monoisotopic (exact) mass is 407 g/mol. The average molecular weight is 408 g/mol. The zero-order chi connectivity index (χ0) is 19.7. The van der Waals surface area contributed by atoms with Crippen molar-refractivity contribution in [2.24, 2.45) is 0 Å². The lowest BCUT2D eigenvalue weighted by Gasteiger charge is -2.12. The Morgan fingerprint density at radius 2 is 1.78 bits per heavy atom. The first kappa shape index (κ1) is 19.1. The molecule has 140 valence electrons. The molecule has 0 radical (unpaired) electrons. The molecule has 3 rings (SSSR count). The van der Waals surface area contributed by atoms with E-state index in [-0.39, 0.29) is 11.6 Å². The van der Waals surface area contributed by atoms with Crippen molar-refractivity contribution in [3.8, 4) is 0 Å². The number of benzene rings is 1. The molecule has 1 N–H and O–H groups in total. The highest BCUT2D eigenvalue weighted by molar-refractivity contribution is 6.35. The molecule has 0 saturated carbocycles. The second-order valence-corrected chi connectivity index (χ2v) is 6.75. The second-order valence-electron chi connectivity index (χ2n) is 5.88. The number of halogens is 2. The van der Waals surface area contributed by atoms with Gasteiger partial charge in [0, 0.05) is 27.1 Å². The van der Waals surface area contributed by atoms with Crippen LogP contribution < -0.4 is 5.32 Å². The van der Waals surface area contributed by atoms with Crippen molar-refractivity contribution in [3.63, 3.8) is 0 Å². The molecule has 2 aromatic heterocycles. The van der Waals surface area contributed by atoms with Crippen molar-refractivity contribution in [2.45, 2.75) is 26.9 Å². The van der Waals surface area contributed by atoms with Gasteiger partial charge < -0.3 is 10.1 Å². The number of amides is 1. The number of ether oxygens (including phenoxy) is 1. The summed E-state index contributed by atoms with van der Waals surface area (Å²) in [6.07, 6.45) is -1.09. The zero-order valence-electron chi connectivity index (χ0n) is 14.7. The number of nitrogens with zero attached hydrogens (tertiary/aromatic N) is 4. The van der Waals surface area contributed by atoms with Gasteiger partial charge in [-0.3, -0.25) is 4.79 Å². The SMILES string of the molecule is Cc1cc(C)n2nc(C(=O)O[C@H](C)C(=O)Nc3cc(Cl)cc(Cl)c3)nc2n1. The molecule has 1 amide bonds. The van der Waals surface area contributed by atoms with Crippen LogP contribution in [0.5, 0.6) is 0 Å². The number of aryl methyl sites for hydroxylation is 2. The number of fused-ring (bicyclic) bond motifs is 1. The maximum Gasteiger partial charge on any atom is 0.379 e. The highest BCUT2D eigenvalue weighted by atomic mass is 35.5. The van der Waals surface area contributed by atoms with Crippen LogP contribution in [-0.4, -0.2) is 37.6 Å². The third-order valence-corrected chi connectivity index (χ3v) is 4.02. The molecule has 3 aromatic rings. The van der Waals surface area contributed by atoms with Gasteiger partial charge in [0.15, 0.2) is 6.10 Å². The lowest BCUT2D eigenvalue weighted by molar-refractivity contribution is -0.123. The molecule has 0 bridgehead atoms. The van der Waals surface area contributed by atoms with Crippen LogP contribution in [0.25, 0.3) is 5.78 Å². The number of hydrogen-bond donors (Lipinski definition) is 1. The lowest BCUT2D eigenvalue weighted by atomic mass is 10.3. The summed E-state index contributed by atoms with van der Waals surface area (Å²) in [7, 11) is 0. The molecule has 0 aliphatic rings. The molecule has 1 aromatic carbocycles. The number of carbonyl (C=O) groups excluding carboxylic acids is 2. The first-order chi connectivity index (χ1) is 12.7. The van der Waals surface area contributed by atoms with Crippen molar-refractivity contribution in [3.05, 3.63) is 51.5 Å². The molecule has 27 heavy (non-hydrogen) atoms. The van der Waals surface area contributed by atoms with E-state index in [4.69, 9.17) is 27.9 Å². The molecule has 0 aliphatic heterocycles. The standard InChI is InChI=1S/C17H15Cl2N5O3/c1-8-4-9(2)24-17(20-8)22-14(23-24)16(26)27-10(3)15(25)21-13-6-11(18)5-12(19)7-13/h4-7,10H,1-3H3,(H,21,25)/t10-/m1/s1. The maximum atomic E-state index is 12.3. The van der Waals surface area contributed by atoms with E-state index in [1.807, 2.05) is 19.9 Å². The first-order valence-electron chi connectivity index (χ1n) is 7.92. The number of rotatable bonds is 4. The summed E-state index contributed by atoms with van der Waals surface area (Å²) in [6.45, 7) is 5.06. The van der Waals surface area contributed by atoms with Crippen LogP contribution in [0.2, 0.25) is 10.0 Å². The number of aromatic nitrogens is 4. The number of esters is 1. The van der Waals surface area contributed by atoms with E-state index in [0.29, 0.717) is 15.7 Å². The van der Waals surface area contributed by atoms with E-state index in [0.717, 1.165) is 11.4 Å². The van der Waals surface area contributed by atoms with Crippen LogP contribution >= 0.6 is 23.2 Å².